The van der Waals surface area contributed by atoms with Crippen molar-refractivity contribution >= 4 is 15.9 Å². The minimum absolute atomic E-state index is 0.0260. The molecule has 2 aliphatic rings. The first kappa shape index (κ1) is 13.5. The first-order valence-electron chi connectivity index (χ1n) is 6.77. The van der Waals surface area contributed by atoms with Crippen molar-refractivity contribution < 1.29 is 13.2 Å². The van der Waals surface area contributed by atoms with Gasteiger partial charge in [0.05, 0.1) is 0 Å². The molecule has 1 N–H and O–H groups in total. The smallest absolute Gasteiger partial charge is 0.244 e. The molecule has 2 aliphatic heterocycles. The Morgan fingerprint density at radius 3 is 2.95 bits per heavy atom. The number of nitrogens with one attached hydrogen (secondary N) is 1. The number of nitrogens with zero attached hydrogens (tertiary/aromatic N) is 2. The van der Waals surface area contributed by atoms with Gasteiger partial charge in [0.1, 0.15) is 4.90 Å². The predicted molar refractivity (Wildman–Crippen MR) is 72.3 cm³/mol. The first-order valence-corrected chi connectivity index (χ1v) is 8.21. The molecule has 1 aromatic heterocycles. The largest absolute Gasteiger partial charge is 0.352 e. The zero-order valence-corrected chi connectivity index (χ0v) is 11.8. The van der Waals surface area contributed by atoms with Gasteiger partial charge in [-0.25, -0.2) is 8.42 Å². The highest BCUT2D eigenvalue weighted by atomic mass is 32.2. The van der Waals surface area contributed by atoms with Crippen molar-refractivity contribution in [2.24, 2.45) is 5.92 Å². The van der Waals surface area contributed by atoms with Crippen molar-refractivity contribution in [3.05, 3.63) is 24.5 Å². The molecule has 0 unspecified atom stereocenters. The zero-order valence-electron chi connectivity index (χ0n) is 11.0. The van der Waals surface area contributed by atoms with Crippen LogP contribution >= 0.6 is 0 Å². The molecule has 0 spiro atoms. The van der Waals surface area contributed by atoms with Gasteiger partial charge in [-0.2, -0.15) is 4.31 Å². The molecule has 3 rings (SSSR count). The molecule has 1 amide bonds. The van der Waals surface area contributed by atoms with Gasteiger partial charge in [-0.1, -0.05) is 0 Å². The standard InChI is InChI=1S/C13H17N3O3S/c17-13-5-1-3-10-8-16(9-12(10)15-13)20(18,19)11-4-2-6-14-7-11/h2,4,6-7,10,12H,1,3,5,8-9H2,(H,15,17)/t10-,12+/m1/s1. The summed E-state index contributed by atoms with van der Waals surface area (Å²) >= 11 is 0. The fourth-order valence-corrected chi connectivity index (χ4v) is 4.42. The lowest BCUT2D eigenvalue weighted by atomic mass is 9.99. The third-order valence-corrected chi connectivity index (χ3v) is 5.82. The summed E-state index contributed by atoms with van der Waals surface area (Å²) in [5.74, 6) is 0.242. The quantitative estimate of drug-likeness (QED) is 0.855. The van der Waals surface area contributed by atoms with Gasteiger partial charge >= 0.3 is 0 Å². The summed E-state index contributed by atoms with van der Waals surface area (Å²) in [5, 5.41) is 2.93. The van der Waals surface area contributed by atoms with Crippen LogP contribution in [0, 0.1) is 5.92 Å². The number of sulfonamides is 1. The van der Waals surface area contributed by atoms with Gasteiger partial charge in [-0.15, -0.1) is 0 Å². The number of carbonyl (C=O) groups excluding carboxylic acids is 1. The van der Waals surface area contributed by atoms with Gasteiger partial charge in [-0.05, 0) is 30.9 Å². The van der Waals surface area contributed by atoms with Gasteiger partial charge in [0.2, 0.25) is 15.9 Å². The highest BCUT2D eigenvalue weighted by molar-refractivity contribution is 7.89. The zero-order chi connectivity index (χ0) is 14.2. The number of amides is 1. The summed E-state index contributed by atoms with van der Waals surface area (Å²) < 4.78 is 26.5. The molecule has 0 aromatic carbocycles. The SMILES string of the molecule is O=C1CCC[C@@H]2CN(S(=O)(=O)c3cccnc3)C[C@@H]2N1. The van der Waals surface area contributed by atoms with Crippen LogP contribution in [0.3, 0.4) is 0 Å². The van der Waals surface area contributed by atoms with Crippen LogP contribution < -0.4 is 5.32 Å². The molecule has 7 heteroatoms. The van der Waals surface area contributed by atoms with E-state index in [4.69, 9.17) is 0 Å². The van der Waals surface area contributed by atoms with Crippen LogP contribution in [0.2, 0.25) is 0 Å². The van der Waals surface area contributed by atoms with E-state index in [0.29, 0.717) is 19.5 Å². The Hall–Kier alpha value is -1.47. The van der Waals surface area contributed by atoms with Gasteiger partial charge in [0, 0.05) is 37.9 Å². The normalized spacial score (nSPS) is 27.7. The molecule has 20 heavy (non-hydrogen) atoms. The van der Waals surface area contributed by atoms with Crippen LogP contribution in [0.5, 0.6) is 0 Å². The van der Waals surface area contributed by atoms with Crippen molar-refractivity contribution in [2.75, 3.05) is 13.1 Å². The van der Waals surface area contributed by atoms with Crippen molar-refractivity contribution in [2.45, 2.75) is 30.2 Å². The Bertz CT molecular complexity index is 603. The number of rotatable bonds is 2. The molecule has 3 heterocycles. The molecule has 108 valence electrons. The summed E-state index contributed by atoms with van der Waals surface area (Å²) in [7, 11) is -3.51. The van der Waals surface area contributed by atoms with Crippen molar-refractivity contribution in [3.63, 3.8) is 0 Å². The molecule has 2 saturated heterocycles. The number of aromatic nitrogens is 1. The summed E-state index contributed by atoms with van der Waals surface area (Å²) in [6.07, 6.45) is 5.17. The molecule has 0 radical (unpaired) electrons. The maximum absolute atomic E-state index is 12.5. The Labute approximate surface area is 118 Å². The van der Waals surface area contributed by atoms with Crippen molar-refractivity contribution in [1.82, 2.24) is 14.6 Å². The van der Waals surface area contributed by atoms with Gasteiger partial charge in [0.15, 0.2) is 0 Å². The van der Waals surface area contributed by atoms with E-state index in [1.165, 1.54) is 10.5 Å². The number of carbonyl (C=O) groups is 1. The molecular formula is C13H17N3O3S. The molecular weight excluding hydrogens is 278 g/mol. The maximum atomic E-state index is 12.5. The van der Waals surface area contributed by atoms with Gasteiger partial charge < -0.3 is 5.32 Å². The van der Waals surface area contributed by atoms with Crippen LogP contribution in [0.4, 0.5) is 0 Å². The van der Waals surface area contributed by atoms with Crippen LogP contribution in [0.25, 0.3) is 0 Å². The monoisotopic (exact) mass is 295 g/mol. The van der Waals surface area contributed by atoms with E-state index in [0.717, 1.165) is 12.8 Å². The fraction of sp³-hybridized carbons (Fsp3) is 0.538. The van der Waals surface area contributed by atoms with Crippen LogP contribution in [-0.4, -0.2) is 42.7 Å². The van der Waals surface area contributed by atoms with E-state index in [1.54, 1.807) is 18.3 Å². The minimum Gasteiger partial charge on any atom is -0.352 e. The number of hydrogen-bond donors (Lipinski definition) is 1. The average Bonchev–Trinajstić information content (AvgIpc) is 2.76. The number of fused-ring (bicyclic) bond motifs is 1. The third kappa shape index (κ3) is 2.43. The van der Waals surface area contributed by atoms with E-state index in [2.05, 4.69) is 10.3 Å². The molecule has 6 nitrogen and oxygen atoms in total. The second kappa shape index (κ2) is 5.14. The lowest BCUT2D eigenvalue weighted by Crippen LogP contribution is -2.39. The Kier molecular flexibility index (Phi) is 3.47. The third-order valence-electron chi connectivity index (χ3n) is 4.00. The van der Waals surface area contributed by atoms with Crippen LogP contribution in [0.15, 0.2) is 29.4 Å². The van der Waals surface area contributed by atoms with Crippen LogP contribution in [0.1, 0.15) is 19.3 Å². The second-order valence-corrected chi connectivity index (χ2v) is 7.27. The molecule has 2 fully saturated rings. The van der Waals surface area contributed by atoms with Crippen LogP contribution in [-0.2, 0) is 14.8 Å². The maximum Gasteiger partial charge on any atom is 0.244 e. The molecule has 0 bridgehead atoms. The molecule has 0 saturated carbocycles. The number of hydrogen-bond acceptors (Lipinski definition) is 4. The molecule has 2 atom stereocenters. The Morgan fingerprint density at radius 1 is 1.35 bits per heavy atom. The predicted octanol–water partition coefficient (Wildman–Crippen LogP) is 0.371. The van der Waals surface area contributed by atoms with Gasteiger partial charge in [0.25, 0.3) is 0 Å². The van der Waals surface area contributed by atoms with Gasteiger partial charge in [-0.3, -0.25) is 9.78 Å². The van der Waals surface area contributed by atoms with E-state index in [1.807, 2.05) is 0 Å². The van der Waals surface area contributed by atoms with E-state index < -0.39 is 10.0 Å². The number of pyridine rings is 1. The summed E-state index contributed by atoms with van der Waals surface area (Å²) in [6.45, 7) is 0.829. The summed E-state index contributed by atoms with van der Waals surface area (Å²) in [5.41, 5.74) is 0. The highest BCUT2D eigenvalue weighted by Gasteiger charge is 2.40. The Balaban J connectivity index is 1.82. The molecule has 0 aliphatic carbocycles. The highest BCUT2D eigenvalue weighted by Crippen LogP contribution is 2.29. The topological polar surface area (TPSA) is 79.4 Å². The lowest BCUT2D eigenvalue weighted by Gasteiger charge is -2.16. The minimum atomic E-state index is -3.51. The second-order valence-electron chi connectivity index (χ2n) is 5.34. The van der Waals surface area contributed by atoms with E-state index in [9.17, 15) is 13.2 Å². The summed E-state index contributed by atoms with van der Waals surface area (Å²) in [6, 6.07) is 3.11. The average molecular weight is 295 g/mol. The first-order chi connectivity index (χ1) is 9.57. The Morgan fingerprint density at radius 2 is 2.20 bits per heavy atom. The fourth-order valence-electron chi connectivity index (χ4n) is 2.94. The molecule has 1 aromatic rings. The van der Waals surface area contributed by atoms with E-state index >= 15 is 0 Å². The summed E-state index contributed by atoms with van der Waals surface area (Å²) in [4.78, 5) is 15.6. The van der Waals surface area contributed by atoms with Crippen molar-refractivity contribution in [3.8, 4) is 0 Å². The van der Waals surface area contributed by atoms with Crippen molar-refractivity contribution in [1.29, 1.82) is 0 Å². The van der Waals surface area contributed by atoms with E-state index in [-0.39, 0.29) is 22.8 Å². The lowest BCUT2D eigenvalue weighted by molar-refractivity contribution is -0.121.